The van der Waals surface area contributed by atoms with E-state index in [0.717, 1.165) is 0 Å². The summed E-state index contributed by atoms with van der Waals surface area (Å²) >= 11 is 0. The van der Waals surface area contributed by atoms with E-state index in [0.29, 0.717) is 5.59 Å². The van der Waals surface area contributed by atoms with Gasteiger partial charge < -0.3 is 4.98 Å². The maximum absolute atomic E-state index is 10.4. The third-order valence-corrected chi connectivity index (χ3v) is 0.791. The van der Waals surface area contributed by atoms with Crippen molar-refractivity contribution in [1.29, 1.82) is 0 Å². The van der Waals surface area contributed by atoms with Crippen LogP contribution in [0.2, 0.25) is 0 Å². The Hall–Kier alpha value is -0.985. The topological polar surface area (TPSA) is 32.9 Å². The van der Waals surface area contributed by atoms with Gasteiger partial charge in [0, 0.05) is 6.07 Å². The van der Waals surface area contributed by atoms with E-state index in [9.17, 15) is 4.79 Å². The highest BCUT2D eigenvalue weighted by atomic mass is 16.1. The highest BCUT2D eigenvalue weighted by Gasteiger charge is 1.79. The molecule has 1 heterocycles. The highest BCUT2D eigenvalue weighted by Crippen LogP contribution is 1.63. The first-order valence-electron chi connectivity index (χ1n) is 2.24. The maximum Gasteiger partial charge on any atom is 0.247 e. The summed E-state index contributed by atoms with van der Waals surface area (Å²) in [5, 5.41) is 0. The van der Waals surface area contributed by atoms with Gasteiger partial charge in [-0.15, -0.1) is 0 Å². The Labute approximate surface area is 48.0 Å². The van der Waals surface area contributed by atoms with E-state index in [-0.39, 0.29) is 5.56 Å². The summed E-state index contributed by atoms with van der Waals surface area (Å²) in [4.78, 5) is 12.7. The van der Waals surface area contributed by atoms with Gasteiger partial charge in [-0.2, -0.15) is 0 Å². The molecule has 2 radical (unpaired) electrons. The van der Waals surface area contributed by atoms with Gasteiger partial charge in [0.15, 0.2) is 0 Å². The maximum atomic E-state index is 10.4. The fourth-order valence-electron chi connectivity index (χ4n) is 0.465. The van der Waals surface area contributed by atoms with Crippen LogP contribution in [0.5, 0.6) is 0 Å². The average molecular weight is 105 g/mol. The van der Waals surface area contributed by atoms with Crippen LogP contribution in [0, 0.1) is 0 Å². The standard InChI is InChI=1S/C5H4BNO/c6-4-2-1-3-5(8)7-4/h1-3H,(H,7,8). The Balaban J connectivity index is 3.28. The average Bonchev–Trinajstić information content (AvgIpc) is 1.64. The van der Waals surface area contributed by atoms with Gasteiger partial charge in [0.05, 0.1) is 0 Å². The third kappa shape index (κ3) is 0.995. The fraction of sp³-hybridized carbons (Fsp3) is 0. The number of rotatable bonds is 0. The molecule has 0 aliphatic heterocycles. The van der Waals surface area contributed by atoms with Gasteiger partial charge in [0.25, 0.3) is 0 Å². The minimum Gasteiger partial charge on any atom is -0.336 e. The summed E-state index contributed by atoms with van der Waals surface area (Å²) in [6.45, 7) is 0. The summed E-state index contributed by atoms with van der Waals surface area (Å²) < 4.78 is 0. The number of aromatic amines is 1. The summed E-state index contributed by atoms with van der Waals surface area (Å²) in [5.41, 5.74) is 0.238. The molecule has 0 saturated carbocycles. The lowest BCUT2D eigenvalue weighted by Crippen LogP contribution is -2.17. The van der Waals surface area contributed by atoms with E-state index in [1.807, 2.05) is 0 Å². The van der Waals surface area contributed by atoms with Crippen molar-refractivity contribution in [2.75, 3.05) is 0 Å². The predicted molar refractivity (Wildman–Crippen MR) is 32.5 cm³/mol. The molecule has 0 aromatic carbocycles. The Morgan fingerprint density at radius 1 is 1.50 bits per heavy atom. The van der Waals surface area contributed by atoms with Gasteiger partial charge in [-0.1, -0.05) is 12.1 Å². The molecule has 38 valence electrons. The van der Waals surface area contributed by atoms with Gasteiger partial charge in [0.1, 0.15) is 7.85 Å². The summed E-state index contributed by atoms with van der Waals surface area (Å²) in [6, 6.07) is 4.64. The van der Waals surface area contributed by atoms with Gasteiger partial charge in [-0.05, 0) is 5.59 Å². The lowest BCUT2D eigenvalue weighted by Gasteiger charge is -1.85. The Bertz CT molecular complexity index is 230. The molecule has 0 saturated heterocycles. The van der Waals surface area contributed by atoms with Crippen LogP contribution in [0.1, 0.15) is 0 Å². The Kier molecular flexibility index (Phi) is 1.20. The zero-order valence-corrected chi connectivity index (χ0v) is 4.22. The second-order valence-electron chi connectivity index (χ2n) is 1.47. The van der Waals surface area contributed by atoms with E-state index in [2.05, 4.69) is 4.98 Å². The number of hydrogen-bond acceptors (Lipinski definition) is 1. The molecule has 0 unspecified atom stereocenters. The molecule has 2 nitrogen and oxygen atoms in total. The fourth-order valence-corrected chi connectivity index (χ4v) is 0.465. The van der Waals surface area contributed by atoms with Crippen LogP contribution in [0.4, 0.5) is 0 Å². The second kappa shape index (κ2) is 1.86. The summed E-state index contributed by atoms with van der Waals surface area (Å²) in [5.74, 6) is 0. The van der Waals surface area contributed by atoms with E-state index in [1.54, 1.807) is 12.1 Å². The van der Waals surface area contributed by atoms with Crippen molar-refractivity contribution in [3.8, 4) is 0 Å². The van der Waals surface area contributed by atoms with Gasteiger partial charge in [-0.3, -0.25) is 4.79 Å². The first-order valence-corrected chi connectivity index (χ1v) is 2.24. The Morgan fingerprint density at radius 2 is 2.25 bits per heavy atom. The molecule has 8 heavy (non-hydrogen) atoms. The number of nitrogens with one attached hydrogen (secondary N) is 1. The lowest BCUT2D eigenvalue weighted by atomic mass is 10.0. The first-order chi connectivity index (χ1) is 3.79. The largest absolute Gasteiger partial charge is 0.336 e. The zero-order valence-electron chi connectivity index (χ0n) is 4.22. The van der Waals surface area contributed by atoms with Gasteiger partial charge >= 0.3 is 0 Å². The molecule has 1 rings (SSSR count). The molecule has 1 N–H and O–H groups in total. The Morgan fingerprint density at radius 3 is 2.62 bits per heavy atom. The number of pyridine rings is 1. The second-order valence-corrected chi connectivity index (χ2v) is 1.47. The number of H-pyrrole nitrogens is 1. The van der Waals surface area contributed by atoms with Crippen LogP contribution in [-0.2, 0) is 0 Å². The van der Waals surface area contributed by atoms with Gasteiger partial charge in [-0.25, -0.2) is 0 Å². The first kappa shape index (κ1) is 5.16. The molecule has 0 spiro atoms. The molecule has 0 bridgehead atoms. The summed E-state index contributed by atoms with van der Waals surface area (Å²) in [7, 11) is 5.20. The molecule has 0 fully saturated rings. The van der Waals surface area contributed by atoms with Crippen LogP contribution in [-0.4, -0.2) is 12.8 Å². The molecular formula is C5H4BNO. The molecule has 0 aliphatic rings. The van der Waals surface area contributed by atoms with E-state index < -0.39 is 0 Å². The normalized spacial score (nSPS) is 9.00. The van der Waals surface area contributed by atoms with Crippen LogP contribution >= 0.6 is 0 Å². The van der Waals surface area contributed by atoms with Crippen molar-refractivity contribution in [2.45, 2.75) is 0 Å². The SMILES string of the molecule is [B]c1cccc(=O)[nH]1. The van der Waals surface area contributed by atoms with Crippen molar-refractivity contribution in [3.05, 3.63) is 28.6 Å². The van der Waals surface area contributed by atoms with Crippen molar-refractivity contribution in [2.24, 2.45) is 0 Å². The predicted octanol–water partition coefficient (Wildman–Crippen LogP) is -0.831. The zero-order chi connectivity index (χ0) is 5.98. The minimum absolute atomic E-state index is 0.162. The number of hydrogen-bond donors (Lipinski definition) is 1. The molecular weight excluding hydrogens is 101 g/mol. The van der Waals surface area contributed by atoms with E-state index in [1.165, 1.54) is 6.07 Å². The molecule has 0 amide bonds. The van der Waals surface area contributed by atoms with E-state index in [4.69, 9.17) is 7.85 Å². The molecule has 0 aliphatic carbocycles. The molecule has 1 aromatic heterocycles. The summed E-state index contributed by atoms with van der Waals surface area (Å²) in [6.07, 6.45) is 0. The molecule has 3 heteroatoms. The smallest absolute Gasteiger partial charge is 0.247 e. The van der Waals surface area contributed by atoms with Crippen molar-refractivity contribution in [3.63, 3.8) is 0 Å². The monoisotopic (exact) mass is 105 g/mol. The van der Waals surface area contributed by atoms with Crippen molar-refractivity contribution < 1.29 is 0 Å². The number of aromatic nitrogens is 1. The van der Waals surface area contributed by atoms with Gasteiger partial charge in [0.2, 0.25) is 5.56 Å². The third-order valence-electron chi connectivity index (χ3n) is 0.791. The van der Waals surface area contributed by atoms with Crippen molar-refractivity contribution in [1.82, 2.24) is 4.98 Å². The molecule has 1 aromatic rings. The van der Waals surface area contributed by atoms with Crippen LogP contribution in [0.15, 0.2) is 23.0 Å². The van der Waals surface area contributed by atoms with Crippen molar-refractivity contribution >= 4 is 13.4 Å². The van der Waals surface area contributed by atoms with E-state index >= 15 is 0 Å². The highest BCUT2D eigenvalue weighted by molar-refractivity contribution is 6.30. The minimum atomic E-state index is -0.162. The lowest BCUT2D eigenvalue weighted by molar-refractivity contribution is 1.29. The van der Waals surface area contributed by atoms with Crippen LogP contribution in [0.25, 0.3) is 0 Å². The molecule has 0 atom stereocenters. The van der Waals surface area contributed by atoms with Crippen LogP contribution in [0.3, 0.4) is 0 Å². The quantitative estimate of drug-likeness (QED) is 0.429. The van der Waals surface area contributed by atoms with Crippen LogP contribution < -0.4 is 11.2 Å².